The Hall–Kier alpha value is -2.40. The number of carbonyl (C=O) groups is 1. The van der Waals surface area contributed by atoms with Crippen LogP contribution in [0.2, 0.25) is 0 Å². The van der Waals surface area contributed by atoms with Crippen LogP contribution in [-0.4, -0.2) is 18.3 Å². The Morgan fingerprint density at radius 3 is 2.68 bits per heavy atom. The van der Waals surface area contributed by atoms with Crippen molar-refractivity contribution >= 4 is 28.6 Å². The molecule has 1 heterocycles. The SMILES string of the molecule is CCOc1ccc(SCC(=O)N[C@@H](C)c2cc3ccccc3o2)cc1. The summed E-state index contributed by atoms with van der Waals surface area (Å²) in [5, 5.41) is 4.02. The molecule has 0 saturated heterocycles. The Morgan fingerprint density at radius 1 is 1.20 bits per heavy atom. The molecule has 0 fully saturated rings. The number of ether oxygens (including phenoxy) is 1. The molecule has 1 amide bonds. The molecule has 3 aromatic rings. The number of amides is 1. The molecule has 1 aromatic heterocycles. The quantitative estimate of drug-likeness (QED) is 0.619. The van der Waals surface area contributed by atoms with Crippen molar-refractivity contribution in [3.63, 3.8) is 0 Å². The van der Waals surface area contributed by atoms with Gasteiger partial charge in [0.05, 0.1) is 18.4 Å². The maximum Gasteiger partial charge on any atom is 0.230 e. The van der Waals surface area contributed by atoms with Gasteiger partial charge in [0.25, 0.3) is 0 Å². The van der Waals surface area contributed by atoms with E-state index in [0.29, 0.717) is 12.4 Å². The number of hydrogen-bond acceptors (Lipinski definition) is 4. The van der Waals surface area contributed by atoms with Crippen molar-refractivity contribution in [1.29, 1.82) is 0 Å². The lowest BCUT2D eigenvalue weighted by molar-refractivity contribution is -0.119. The summed E-state index contributed by atoms with van der Waals surface area (Å²) in [5.74, 6) is 1.95. The van der Waals surface area contributed by atoms with Crippen LogP contribution in [0.25, 0.3) is 11.0 Å². The van der Waals surface area contributed by atoms with Crippen molar-refractivity contribution < 1.29 is 13.9 Å². The Labute approximate surface area is 151 Å². The van der Waals surface area contributed by atoms with E-state index in [9.17, 15) is 4.79 Å². The first-order valence-electron chi connectivity index (χ1n) is 8.29. The molecule has 0 aliphatic rings. The summed E-state index contributed by atoms with van der Waals surface area (Å²) in [6.45, 7) is 4.53. The van der Waals surface area contributed by atoms with Crippen LogP contribution < -0.4 is 10.1 Å². The first-order valence-corrected chi connectivity index (χ1v) is 9.27. The second kappa shape index (κ2) is 8.12. The van der Waals surface area contributed by atoms with Gasteiger partial charge in [-0.3, -0.25) is 4.79 Å². The van der Waals surface area contributed by atoms with Crippen LogP contribution in [0.15, 0.2) is 63.9 Å². The molecule has 5 heteroatoms. The highest BCUT2D eigenvalue weighted by atomic mass is 32.2. The highest BCUT2D eigenvalue weighted by Crippen LogP contribution is 2.24. The zero-order valence-electron chi connectivity index (χ0n) is 14.3. The lowest BCUT2D eigenvalue weighted by Crippen LogP contribution is -2.27. The van der Waals surface area contributed by atoms with Gasteiger partial charge >= 0.3 is 0 Å². The second-order valence-corrected chi connectivity index (χ2v) is 6.72. The smallest absolute Gasteiger partial charge is 0.230 e. The van der Waals surface area contributed by atoms with Crippen molar-refractivity contribution in [3.8, 4) is 5.75 Å². The number of carbonyl (C=O) groups excluding carboxylic acids is 1. The molecule has 0 unspecified atom stereocenters. The molecule has 1 atom stereocenters. The molecule has 130 valence electrons. The van der Waals surface area contributed by atoms with E-state index in [2.05, 4.69) is 5.32 Å². The summed E-state index contributed by atoms with van der Waals surface area (Å²) in [6.07, 6.45) is 0. The standard InChI is InChI=1S/C20H21NO3S/c1-3-23-16-8-10-17(11-9-16)25-13-20(22)21-14(2)19-12-15-6-4-5-7-18(15)24-19/h4-12,14H,3,13H2,1-2H3,(H,21,22)/t14-/m0/s1. The summed E-state index contributed by atoms with van der Waals surface area (Å²) in [4.78, 5) is 13.2. The molecule has 4 nitrogen and oxygen atoms in total. The molecule has 1 N–H and O–H groups in total. The first kappa shape index (κ1) is 17.4. The van der Waals surface area contributed by atoms with Crippen LogP contribution >= 0.6 is 11.8 Å². The average molecular weight is 355 g/mol. The number of fused-ring (bicyclic) bond motifs is 1. The number of thioether (sulfide) groups is 1. The zero-order valence-corrected chi connectivity index (χ0v) is 15.1. The maximum atomic E-state index is 12.2. The van der Waals surface area contributed by atoms with E-state index in [0.717, 1.165) is 27.4 Å². The predicted molar refractivity (Wildman–Crippen MR) is 101 cm³/mol. The van der Waals surface area contributed by atoms with Gasteiger partial charge in [-0.05, 0) is 50.2 Å². The third kappa shape index (κ3) is 4.57. The minimum Gasteiger partial charge on any atom is -0.494 e. The molecule has 0 aliphatic carbocycles. The largest absolute Gasteiger partial charge is 0.494 e. The van der Waals surface area contributed by atoms with E-state index in [1.54, 1.807) is 0 Å². The van der Waals surface area contributed by atoms with Gasteiger partial charge in [0, 0.05) is 10.3 Å². The fourth-order valence-electron chi connectivity index (χ4n) is 2.52. The van der Waals surface area contributed by atoms with Crippen molar-refractivity contribution in [2.45, 2.75) is 24.8 Å². The maximum absolute atomic E-state index is 12.2. The van der Waals surface area contributed by atoms with Crippen LogP contribution in [-0.2, 0) is 4.79 Å². The molecule has 0 spiro atoms. The Bertz CT molecular complexity index is 809. The predicted octanol–water partition coefficient (Wildman–Crippen LogP) is 4.80. The van der Waals surface area contributed by atoms with Crippen molar-refractivity contribution in [2.75, 3.05) is 12.4 Å². The second-order valence-electron chi connectivity index (χ2n) is 5.67. The molecule has 0 saturated carbocycles. The normalized spacial score (nSPS) is 12.1. The highest BCUT2D eigenvalue weighted by Gasteiger charge is 2.14. The average Bonchev–Trinajstić information content (AvgIpc) is 3.06. The molecule has 3 rings (SSSR count). The molecule has 0 radical (unpaired) electrons. The van der Waals surface area contributed by atoms with E-state index in [4.69, 9.17) is 9.15 Å². The number of furan rings is 1. The monoisotopic (exact) mass is 355 g/mol. The Balaban J connectivity index is 1.53. The van der Waals surface area contributed by atoms with E-state index in [1.807, 2.05) is 68.4 Å². The molecular formula is C20H21NO3S. The van der Waals surface area contributed by atoms with Crippen molar-refractivity contribution in [1.82, 2.24) is 5.32 Å². The zero-order chi connectivity index (χ0) is 17.6. The van der Waals surface area contributed by atoms with Gasteiger partial charge in [-0.2, -0.15) is 0 Å². The van der Waals surface area contributed by atoms with Crippen LogP contribution in [0.1, 0.15) is 25.6 Å². The van der Waals surface area contributed by atoms with Gasteiger partial charge in [-0.15, -0.1) is 11.8 Å². The van der Waals surface area contributed by atoms with Crippen LogP contribution in [0.5, 0.6) is 5.75 Å². The molecule has 0 aliphatic heterocycles. The van der Waals surface area contributed by atoms with Gasteiger partial charge in [0.2, 0.25) is 5.91 Å². The molecular weight excluding hydrogens is 334 g/mol. The van der Waals surface area contributed by atoms with Crippen LogP contribution in [0, 0.1) is 0 Å². The van der Waals surface area contributed by atoms with Crippen molar-refractivity contribution in [2.24, 2.45) is 0 Å². The van der Waals surface area contributed by atoms with Gasteiger partial charge in [-0.25, -0.2) is 0 Å². The summed E-state index contributed by atoms with van der Waals surface area (Å²) in [5.41, 5.74) is 0.836. The summed E-state index contributed by atoms with van der Waals surface area (Å²) in [6, 6.07) is 17.4. The fourth-order valence-corrected chi connectivity index (χ4v) is 3.23. The molecule has 2 aromatic carbocycles. The summed E-state index contributed by atoms with van der Waals surface area (Å²) < 4.78 is 11.2. The van der Waals surface area contributed by atoms with E-state index >= 15 is 0 Å². The van der Waals surface area contributed by atoms with Gasteiger partial charge in [-0.1, -0.05) is 18.2 Å². The number of benzene rings is 2. The number of rotatable bonds is 7. The fraction of sp³-hybridized carbons (Fsp3) is 0.250. The number of para-hydroxylation sites is 1. The van der Waals surface area contributed by atoms with Gasteiger partial charge in [0.15, 0.2) is 0 Å². The topological polar surface area (TPSA) is 51.5 Å². The van der Waals surface area contributed by atoms with Gasteiger partial charge < -0.3 is 14.5 Å². The van der Waals surface area contributed by atoms with E-state index in [-0.39, 0.29) is 11.9 Å². The third-order valence-corrected chi connectivity index (χ3v) is 4.77. The summed E-state index contributed by atoms with van der Waals surface area (Å²) >= 11 is 1.50. The lowest BCUT2D eigenvalue weighted by Gasteiger charge is -2.11. The summed E-state index contributed by atoms with van der Waals surface area (Å²) in [7, 11) is 0. The molecule has 0 bridgehead atoms. The Kier molecular flexibility index (Phi) is 5.66. The first-order chi connectivity index (χ1) is 12.2. The lowest BCUT2D eigenvalue weighted by atomic mass is 10.2. The van der Waals surface area contributed by atoms with Crippen LogP contribution in [0.3, 0.4) is 0 Å². The van der Waals surface area contributed by atoms with Crippen molar-refractivity contribution in [3.05, 3.63) is 60.4 Å². The van der Waals surface area contributed by atoms with Gasteiger partial charge in [0.1, 0.15) is 17.1 Å². The van der Waals surface area contributed by atoms with E-state index in [1.165, 1.54) is 11.8 Å². The van der Waals surface area contributed by atoms with E-state index < -0.39 is 0 Å². The number of nitrogens with one attached hydrogen (secondary N) is 1. The third-order valence-electron chi connectivity index (χ3n) is 3.75. The molecule has 25 heavy (non-hydrogen) atoms. The highest BCUT2D eigenvalue weighted by molar-refractivity contribution is 8.00. The minimum absolute atomic E-state index is 0.0214. The Morgan fingerprint density at radius 2 is 1.96 bits per heavy atom. The number of hydrogen-bond donors (Lipinski definition) is 1. The van der Waals surface area contributed by atoms with Crippen LogP contribution in [0.4, 0.5) is 0 Å². The minimum atomic E-state index is -0.166.